The number of aromatic amines is 1. The average molecular weight is 204 g/mol. The molecule has 78 valence electrons. The molecule has 2 rings (SSSR count). The molecule has 0 aliphatic heterocycles. The van der Waals surface area contributed by atoms with E-state index in [-0.39, 0.29) is 5.95 Å². The van der Waals surface area contributed by atoms with Gasteiger partial charge in [0.05, 0.1) is 11.8 Å². The van der Waals surface area contributed by atoms with Gasteiger partial charge in [-0.1, -0.05) is 38.1 Å². The largest absolute Gasteiger partial charge is 0.253 e. The zero-order chi connectivity index (χ0) is 10.8. The number of benzene rings is 1. The zero-order valence-electron chi connectivity index (χ0n) is 8.79. The van der Waals surface area contributed by atoms with Crippen LogP contribution in [0.15, 0.2) is 30.5 Å². The highest BCUT2D eigenvalue weighted by atomic mass is 19.1. The van der Waals surface area contributed by atoms with Crippen LogP contribution in [0.25, 0.3) is 11.1 Å². The van der Waals surface area contributed by atoms with Gasteiger partial charge in [-0.2, -0.15) is 9.49 Å². The van der Waals surface area contributed by atoms with Gasteiger partial charge in [0.2, 0.25) is 5.95 Å². The van der Waals surface area contributed by atoms with Crippen molar-refractivity contribution in [1.82, 2.24) is 10.2 Å². The van der Waals surface area contributed by atoms with Gasteiger partial charge in [-0.25, -0.2) is 0 Å². The molecule has 0 aliphatic rings. The molecule has 0 aliphatic carbocycles. The molecule has 3 heteroatoms. The van der Waals surface area contributed by atoms with Gasteiger partial charge in [0.15, 0.2) is 0 Å². The second-order valence-corrected chi connectivity index (χ2v) is 3.87. The maximum absolute atomic E-state index is 13.2. The normalized spacial score (nSPS) is 10.9. The number of aromatic nitrogens is 2. The molecule has 1 aromatic heterocycles. The molecular weight excluding hydrogens is 191 g/mol. The fraction of sp³-hybridized carbons (Fsp3) is 0.250. The molecule has 0 radical (unpaired) electrons. The number of nitrogens with zero attached hydrogens (tertiary/aromatic N) is 1. The second-order valence-electron chi connectivity index (χ2n) is 3.87. The van der Waals surface area contributed by atoms with Crippen LogP contribution in [-0.2, 0) is 0 Å². The Kier molecular flexibility index (Phi) is 2.54. The van der Waals surface area contributed by atoms with E-state index in [1.807, 2.05) is 24.3 Å². The van der Waals surface area contributed by atoms with Gasteiger partial charge in [0.1, 0.15) is 0 Å². The van der Waals surface area contributed by atoms with Crippen molar-refractivity contribution in [3.8, 4) is 11.1 Å². The van der Waals surface area contributed by atoms with Gasteiger partial charge >= 0.3 is 0 Å². The van der Waals surface area contributed by atoms with E-state index in [9.17, 15) is 4.39 Å². The van der Waals surface area contributed by atoms with Crippen LogP contribution in [0.5, 0.6) is 0 Å². The first-order valence-electron chi connectivity index (χ1n) is 4.97. The maximum Gasteiger partial charge on any atom is 0.216 e. The van der Waals surface area contributed by atoms with Crippen molar-refractivity contribution in [3.63, 3.8) is 0 Å². The fourth-order valence-corrected chi connectivity index (χ4v) is 1.52. The van der Waals surface area contributed by atoms with Crippen LogP contribution in [0.4, 0.5) is 4.39 Å². The van der Waals surface area contributed by atoms with Gasteiger partial charge in [0.25, 0.3) is 0 Å². The van der Waals surface area contributed by atoms with Crippen LogP contribution in [-0.4, -0.2) is 10.2 Å². The summed E-state index contributed by atoms with van der Waals surface area (Å²) in [6, 6.07) is 7.88. The first-order chi connectivity index (χ1) is 7.18. The predicted octanol–water partition coefficient (Wildman–Crippen LogP) is 3.34. The van der Waals surface area contributed by atoms with E-state index in [1.54, 1.807) is 0 Å². The molecule has 0 fully saturated rings. The Morgan fingerprint density at radius 3 is 2.33 bits per heavy atom. The van der Waals surface area contributed by atoms with E-state index in [0.717, 1.165) is 5.56 Å². The lowest BCUT2D eigenvalue weighted by Gasteiger charge is -2.05. The Hall–Kier alpha value is -1.64. The number of hydrogen-bond acceptors (Lipinski definition) is 1. The van der Waals surface area contributed by atoms with Crippen molar-refractivity contribution in [3.05, 3.63) is 42.0 Å². The van der Waals surface area contributed by atoms with Crippen molar-refractivity contribution in [2.24, 2.45) is 0 Å². The summed E-state index contributed by atoms with van der Waals surface area (Å²) in [7, 11) is 0. The van der Waals surface area contributed by atoms with Crippen molar-refractivity contribution in [1.29, 1.82) is 0 Å². The summed E-state index contributed by atoms with van der Waals surface area (Å²) in [5.74, 6) is 0.112. The fourth-order valence-electron chi connectivity index (χ4n) is 1.52. The number of H-pyrrole nitrogens is 1. The van der Waals surface area contributed by atoms with Gasteiger partial charge in [-0.15, -0.1) is 0 Å². The van der Waals surface area contributed by atoms with E-state index in [1.165, 1.54) is 11.8 Å². The summed E-state index contributed by atoms with van der Waals surface area (Å²) in [6.07, 6.45) is 1.50. The topological polar surface area (TPSA) is 28.7 Å². The average Bonchev–Trinajstić information content (AvgIpc) is 2.65. The Balaban J connectivity index is 2.36. The molecule has 0 bridgehead atoms. The predicted molar refractivity (Wildman–Crippen MR) is 58.1 cm³/mol. The standard InChI is InChI=1S/C12H13FN2/c1-8(2)9-3-5-10(6-4-9)11-7-14-15-12(11)13/h3-8H,1-2H3,(H,14,15). The van der Waals surface area contributed by atoms with E-state index in [0.29, 0.717) is 11.5 Å². The molecule has 2 nitrogen and oxygen atoms in total. The van der Waals surface area contributed by atoms with Crippen LogP contribution >= 0.6 is 0 Å². The van der Waals surface area contributed by atoms with Gasteiger partial charge in [-0.3, -0.25) is 5.10 Å². The Morgan fingerprint density at radius 2 is 1.87 bits per heavy atom. The SMILES string of the molecule is CC(C)c1ccc(-c2cn[nH]c2F)cc1. The quantitative estimate of drug-likeness (QED) is 0.798. The molecule has 1 N–H and O–H groups in total. The molecular formula is C12H13FN2. The maximum atomic E-state index is 13.2. The van der Waals surface area contributed by atoms with Crippen LogP contribution in [0, 0.1) is 5.95 Å². The summed E-state index contributed by atoms with van der Waals surface area (Å²) in [5, 5.41) is 5.94. The number of halogens is 1. The zero-order valence-corrected chi connectivity index (χ0v) is 8.79. The van der Waals surface area contributed by atoms with Crippen molar-refractivity contribution in [2.45, 2.75) is 19.8 Å². The first-order valence-corrected chi connectivity index (χ1v) is 4.97. The molecule has 1 aromatic carbocycles. The summed E-state index contributed by atoms with van der Waals surface area (Å²) in [4.78, 5) is 0. The summed E-state index contributed by atoms with van der Waals surface area (Å²) < 4.78 is 13.2. The molecule has 0 saturated heterocycles. The van der Waals surface area contributed by atoms with Crippen LogP contribution < -0.4 is 0 Å². The minimum Gasteiger partial charge on any atom is -0.253 e. The number of hydrogen-bond donors (Lipinski definition) is 1. The molecule has 0 spiro atoms. The lowest BCUT2D eigenvalue weighted by molar-refractivity contribution is 0.582. The van der Waals surface area contributed by atoms with Crippen molar-refractivity contribution >= 4 is 0 Å². The molecule has 0 atom stereocenters. The van der Waals surface area contributed by atoms with Crippen LogP contribution in [0.3, 0.4) is 0 Å². The van der Waals surface area contributed by atoms with E-state index in [4.69, 9.17) is 0 Å². The highest BCUT2D eigenvalue weighted by Gasteiger charge is 2.07. The number of nitrogens with one attached hydrogen (secondary N) is 1. The minimum atomic E-state index is -0.382. The Bertz CT molecular complexity index is 443. The first kappa shape index (κ1) is 9.90. The van der Waals surface area contributed by atoms with Crippen molar-refractivity contribution < 1.29 is 4.39 Å². The molecule has 1 heterocycles. The summed E-state index contributed by atoms with van der Waals surface area (Å²) in [5.41, 5.74) is 2.62. The third kappa shape index (κ3) is 1.91. The third-order valence-electron chi connectivity index (χ3n) is 2.48. The number of rotatable bonds is 2. The second kappa shape index (κ2) is 3.85. The summed E-state index contributed by atoms with van der Waals surface area (Å²) >= 11 is 0. The highest BCUT2D eigenvalue weighted by Crippen LogP contribution is 2.23. The molecule has 0 amide bonds. The van der Waals surface area contributed by atoms with Crippen LogP contribution in [0.2, 0.25) is 0 Å². The van der Waals surface area contributed by atoms with Crippen molar-refractivity contribution in [2.75, 3.05) is 0 Å². The molecule has 0 unspecified atom stereocenters. The Labute approximate surface area is 88.1 Å². The van der Waals surface area contributed by atoms with Gasteiger partial charge in [0, 0.05) is 0 Å². The molecule has 2 aromatic rings. The monoisotopic (exact) mass is 204 g/mol. The Morgan fingerprint density at radius 1 is 1.20 bits per heavy atom. The van der Waals surface area contributed by atoms with Crippen LogP contribution in [0.1, 0.15) is 25.3 Å². The van der Waals surface area contributed by atoms with E-state index < -0.39 is 0 Å². The minimum absolute atomic E-state index is 0.382. The van der Waals surface area contributed by atoms with Gasteiger partial charge in [-0.05, 0) is 17.0 Å². The lowest BCUT2D eigenvalue weighted by atomic mass is 10.00. The smallest absolute Gasteiger partial charge is 0.216 e. The molecule has 15 heavy (non-hydrogen) atoms. The molecule has 0 saturated carbocycles. The van der Waals surface area contributed by atoms with E-state index in [2.05, 4.69) is 24.0 Å². The van der Waals surface area contributed by atoms with E-state index >= 15 is 0 Å². The lowest BCUT2D eigenvalue weighted by Crippen LogP contribution is -1.87. The third-order valence-corrected chi connectivity index (χ3v) is 2.48. The van der Waals surface area contributed by atoms with Gasteiger partial charge < -0.3 is 0 Å². The highest BCUT2D eigenvalue weighted by molar-refractivity contribution is 5.62. The summed E-state index contributed by atoms with van der Waals surface area (Å²) in [6.45, 7) is 4.26.